The van der Waals surface area contributed by atoms with E-state index in [0.29, 0.717) is 18.0 Å². The van der Waals surface area contributed by atoms with Crippen LogP contribution in [0.15, 0.2) is 78.9 Å². The van der Waals surface area contributed by atoms with E-state index in [4.69, 9.17) is 11.6 Å². The van der Waals surface area contributed by atoms with Crippen molar-refractivity contribution in [1.29, 1.82) is 0 Å². The number of nitrogens with zero attached hydrogens (tertiary/aromatic N) is 1. The van der Waals surface area contributed by atoms with Crippen LogP contribution in [0, 0.1) is 11.7 Å². The zero-order valence-corrected chi connectivity index (χ0v) is 20.3. The molecule has 0 spiro atoms. The van der Waals surface area contributed by atoms with Gasteiger partial charge >= 0.3 is 0 Å². The molecule has 0 aliphatic carbocycles. The standard InChI is InChI=1S/C28H30ClFN2O2/c1-20(2)18-31-28(34)26(16-21-7-4-3-5-8-21)32(19-22-11-13-25(30)14-12-22)27(33)17-23-9-6-10-24(29)15-23/h3-15,20,26H,16-19H2,1-2H3,(H,31,34)/t26-/m0/s1. The average Bonchev–Trinajstić information content (AvgIpc) is 2.81. The van der Waals surface area contributed by atoms with Gasteiger partial charge in [0.05, 0.1) is 6.42 Å². The maximum absolute atomic E-state index is 13.6. The lowest BCUT2D eigenvalue weighted by Crippen LogP contribution is -2.51. The Bertz CT molecular complexity index is 1090. The third kappa shape index (κ3) is 7.70. The van der Waals surface area contributed by atoms with Crippen LogP contribution >= 0.6 is 11.6 Å². The Hall–Kier alpha value is -3.18. The lowest BCUT2D eigenvalue weighted by Gasteiger charge is -2.32. The van der Waals surface area contributed by atoms with Crippen LogP contribution in [0.4, 0.5) is 4.39 Å². The highest BCUT2D eigenvalue weighted by Crippen LogP contribution is 2.18. The molecule has 0 aliphatic heterocycles. The maximum Gasteiger partial charge on any atom is 0.243 e. The molecule has 1 atom stereocenters. The van der Waals surface area contributed by atoms with Gasteiger partial charge in [-0.15, -0.1) is 0 Å². The largest absolute Gasteiger partial charge is 0.354 e. The van der Waals surface area contributed by atoms with E-state index in [0.717, 1.165) is 16.7 Å². The molecule has 0 saturated heterocycles. The summed E-state index contributed by atoms with van der Waals surface area (Å²) in [6.45, 7) is 4.74. The predicted molar refractivity (Wildman–Crippen MR) is 134 cm³/mol. The molecule has 3 rings (SSSR count). The average molecular weight is 481 g/mol. The number of carbonyl (C=O) groups excluding carboxylic acids is 2. The Labute approximate surface area is 205 Å². The lowest BCUT2D eigenvalue weighted by atomic mass is 10.0. The first kappa shape index (κ1) is 25.4. The summed E-state index contributed by atoms with van der Waals surface area (Å²) in [7, 11) is 0. The van der Waals surface area contributed by atoms with E-state index in [1.54, 1.807) is 35.2 Å². The Morgan fingerprint density at radius 3 is 2.24 bits per heavy atom. The van der Waals surface area contributed by atoms with E-state index in [-0.39, 0.29) is 36.5 Å². The highest BCUT2D eigenvalue weighted by Gasteiger charge is 2.30. The van der Waals surface area contributed by atoms with Crippen molar-refractivity contribution < 1.29 is 14.0 Å². The maximum atomic E-state index is 13.6. The monoisotopic (exact) mass is 480 g/mol. The summed E-state index contributed by atoms with van der Waals surface area (Å²) in [5, 5.41) is 3.54. The molecule has 3 aromatic rings. The SMILES string of the molecule is CC(C)CNC(=O)[C@H](Cc1ccccc1)N(Cc1ccc(F)cc1)C(=O)Cc1cccc(Cl)c1. The molecule has 178 valence electrons. The molecular formula is C28H30ClFN2O2. The van der Waals surface area contributed by atoms with Crippen molar-refractivity contribution in [1.82, 2.24) is 10.2 Å². The summed E-state index contributed by atoms with van der Waals surface area (Å²) in [5.41, 5.74) is 2.46. The summed E-state index contributed by atoms with van der Waals surface area (Å²) in [4.78, 5) is 28.6. The summed E-state index contributed by atoms with van der Waals surface area (Å²) in [6, 6.07) is 22.0. The Kier molecular flexibility index (Phi) is 9.23. The third-order valence-electron chi connectivity index (χ3n) is 5.47. The van der Waals surface area contributed by atoms with Gasteiger partial charge in [0.2, 0.25) is 11.8 Å². The van der Waals surface area contributed by atoms with E-state index in [2.05, 4.69) is 5.32 Å². The van der Waals surface area contributed by atoms with Crippen LogP contribution in [0.2, 0.25) is 5.02 Å². The van der Waals surface area contributed by atoms with E-state index in [9.17, 15) is 14.0 Å². The molecule has 0 aliphatic rings. The third-order valence-corrected chi connectivity index (χ3v) is 5.70. The molecule has 1 N–H and O–H groups in total. The van der Waals surface area contributed by atoms with Crippen LogP contribution in [0.3, 0.4) is 0 Å². The minimum absolute atomic E-state index is 0.102. The normalized spacial score (nSPS) is 11.8. The molecular weight excluding hydrogens is 451 g/mol. The number of amides is 2. The zero-order chi connectivity index (χ0) is 24.5. The van der Waals surface area contributed by atoms with Gasteiger partial charge < -0.3 is 10.2 Å². The molecule has 3 aromatic carbocycles. The topological polar surface area (TPSA) is 49.4 Å². The van der Waals surface area contributed by atoms with Crippen molar-refractivity contribution in [3.05, 3.63) is 106 Å². The van der Waals surface area contributed by atoms with Gasteiger partial charge in [0, 0.05) is 24.5 Å². The van der Waals surface area contributed by atoms with Gasteiger partial charge in [-0.25, -0.2) is 4.39 Å². The van der Waals surface area contributed by atoms with Gasteiger partial charge in [-0.2, -0.15) is 0 Å². The molecule has 0 radical (unpaired) electrons. The van der Waals surface area contributed by atoms with Crippen molar-refractivity contribution in [3.63, 3.8) is 0 Å². The Balaban J connectivity index is 1.94. The number of hydrogen-bond donors (Lipinski definition) is 1. The first-order chi connectivity index (χ1) is 16.3. The second-order valence-corrected chi connectivity index (χ2v) is 9.24. The van der Waals surface area contributed by atoms with Gasteiger partial charge in [0.15, 0.2) is 0 Å². The molecule has 34 heavy (non-hydrogen) atoms. The summed E-state index contributed by atoms with van der Waals surface area (Å²) in [6.07, 6.45) is 0.470. The molecule has 0 fully saturated rings. The smallest absolute Gasteiger partial charge is 0.243 e. The van der Waals surface area contributed by atoms with Crippen LogP contribution in [-0.2, 0) is 29.0 Å². The van der Waals surface area contributed by atoms with Crippen molar-refractivity contribution in [3.8, 4) is 0 Å². The first-order valence-electron chi connectivity index (χ1n) is 11.4. The molecule has 6 heteroatoms. The highest BCUT2D eigenvalue weighted by molar-refractivity contribution is 6.30. The molecule has 0 bridgehead atoms. The van der Waals surface area contributed by atoms with E-state index in [1.165, 1.54) is 12.1 Å². The second kappa shape index (κ2) is 12.3. The van der Waals surface area contributed by atoms with Gasteiger partial charge in [-0.1, -0.05) is 80.0 Å². The van der Waals surface area contributed by atoms with Crippen LogP contribution < -0.4 is 5.32 Å². The number of hydrogen-bond acceptors (Lipinski definition) is 2. The Morgan fingerprint density at radius 1 is 0.912 bits per heavy atom. The summed E-state index contributed by atoms with van der Waals surface area (Å²) >= 11 is 6.12. The molecule has 0 unspecified atom stereocenters. The second-order valence-electron chi connectivity index (χ2n) is 8.80. The molecule has 2 amide bonds. The zero-order valence-electron chi connectivity index (χ0n) is 19.5. The van der Waals surface area contributed by atoms with E-state index < -0.39 is 6.04 Å². The van der Waals surface area contributed by atoms with Crippen LogP contribution in [-0.4, -0.2) is 29.3 Å². The van der Waals surface area contributed by atoms with Gasteiger partial charge in [0.1, 0.15) is 11.9 Å². The van der Waals surface area contributed by atoms with Crippen LogP contribution in [0.1, 0.15) is 30.5 Å². The molecule has 0 aromatic heterocycles. The number of rotatable bonds is 10. The quantitative estimate of drug-likeness (QED) is 0.420. The minimum Gasteiger partial charge on any atom is -0.354 e. The summed E-state index contributed by atoms with van der Waals surface area (Å²) in [5.74, 6) is -0.489. The van der Waals surface area contributed by atoms with E-state index >= 15 is 0 Å². The number of nitrogens with one attached hydrogen (secondary N) is 1. The lowest BCUT2D eigenvalue weighted by molar-refractivity contribution is -0.140. The van der Waals surface area contributed by atoms with E-state index in [1.807, 2.05) is 50.2 Å². The highest BCUT2D eigenvalue weighted by atomic mass is 35.5. The van der Waals surface area contributed by atoms with Crippen molar-refractivity contribution in [2.45, 2.75) is 39.3 Å². The fraction of sp³-hybridized carbons (Fsp3) is 0.286. The van der Waals surface area contributed by atoms with Gasteiger partial charge in [0.25, 0.3) is 0 Å². The number of halogens is 2. The van der Waals surface area contributed by atoms with Crippen LogP contribution in [0.5, 0.6) is 0 Å². The molecule has 4 nitrogen and oxygen atoms in total. The van der Waals surface area contributed by atoms with Crippen molar-refractivity contribution in [2.75, 3.05) is 6.54 Å². The fourth-order valence-corrected chi connectivity index (χ4v) is 3.90. The first-order valence-corrected chi connectivity index (χ1v) is 11.8. The minimum atomic E-state index is -0.724. The number of carbonyl (C=O) groups is 2. The number of benzene rings is 3. The Morgan fingerprint density at radius 2 is 1.59 bits per heavy atom. The molecule has 0 saturated carbocycles. The predicted octanol–water partition coefficient (Wildman–Crippen LogP) is 5.43. The van der Waals surface area contributed by atoms with Gasteiger partial charge in [-0.05, 0) is 46.9 Å². The van der Waals surface area contributed by atoms with Crippen molar-refractivity contribution >= 4 is 23.4 Å². The molecule has 0 heterocycles. The summed E-state index contributed by atoms with van der Waals surface area (Å²) < 4.78 is 13.5. The van der Waals surface area contributed by atoms with Gasteiger partial charge in [-0.3, -0.25) is 9.59 Å². The van der Waals surface area contributed by atoms with Crippen molar-refractivity contribution in [2.24, 2.45) is 5.92 Å². The van der Waals surface area contributed by atoms with Crippen LogP contribution in [0.25, 0.3) is 0 Å². The fourth-order valence-electron chi connectivity index (χ4n) is 3.69.